The van der Waals surface area contributed by atoms with Gasteiger partial charge in [-0.25, -0.2) is 0 Å². The summed E-state index contributed by atoms with van der Waals surface area (Å²) in [5.74, 6) is 0. The van der Waals surface area contributed by atoms with Gasteiger partial charge in [-0.15, -0.1) is 0 Å². The number of hydrogen-bond acceptors (Lipinski definition) is 5. The third kappa shape index (κ3) is 1.66. The predicted octanol–water partition coefficient (Wildman–Crippen LogP) is -1.65. The number of ether oxygens (including phenoxy) is 1. The van der Waals surface area contributed by atoms with Gasteiger partial charge in [-0.1, -0.05) is 6.92 Å². The summed E-state index contributed by atoms with van der Waals surface area (Å²) in [6, 6.07) is 0. The van der Waals surface area contributed by atoms with Crippen LogP contribution >= 0.6 is 0 Å². The van der Waals surface area contributed by atoms with E-state index in [-0.39, 0.29) is 33.0 Å². The van der Waals surface area contributed by atoms with Gasteiger partial charge in [0.15, 0.2) is 0 Å². The van der Waals surface area contributed by atoms with Crippen LogP contribution in [0.3, 0.4) is 0 Å². The van der Waals surface area contributed by atoms with Gasteiger partial charge in [0.2, 0.25) is 0 Å². The van der Waals surface area contributed by atoms with E-state index in [1.54, 1.807) is 6.92 Å². The lowest BCUT2D eigenvalue weighted by atomic mass is 9.69. The normalized spacial score (nSPS) is 37.1. The van der Waals surface area contributed by atoms with Crippen molar-refractivity contribution in [2.45, 2.75) is 13.0 Å². The standard InChI is InChI=1S/C9H18O5/c1-8(2-10)5-14-6-9(3-11,4-12)7(8)13/h7,10-13H,2-6H2,1H3. The molecule has 1 rings (SSSR count). The van der Waals surface area contributed by atoms with E-state index in [9.17, 15) is 5.11 Å². The Morgan fingerprint density at radius 1 is 1.14 bits per heavy atom. The second-order valence-corrected chi connectivity index (χ2v) is 4.39. The lowest BCUT2D eigenvalue weighted by Gasteiger charge is -2.48. The van der Waals surface area contributed by atoms with E-state index in [0.29, 0.717) is 0 Å². The van der Waals surface area contributed by atoms with Crippen LogP contribution < -0.4 is 0 Å². The van der Waals surface area contributed by atoms with Crippen LogP contribution in [0.2, 0.25) is 0 Å². The average molecular weight is 206 g/mol. The maximum absolute atomic E-state index is 9.98. The Labute approximate surface area is 82.9 Å². The molecular weight excluding hydrogens is 188 g/mol. The van der Waals surface area contributed by atoms with Crippen LogP contribution in [0.1, 0.15) is 6.92 Å². The van der Waals surface area contributed by atoms with Crippen LogP contribution in [0, 0.1) is 10.8 Å². The van der Waals surface area contributed by atoms with Gasteiger partial charge in [0.1, 0.15) is 0 Å². The molecule has 1 aliphatic rings. The molecule has 5 heteroatoms. The molecule has 1 fully saturated rings. The summed E-state index contributed by atoms with van der Waals surface area (Å²) in [6.45, 7) is 1.04. The van der Waals surface area contributed by atoms with Crippen molar-refractivity contribution in [2.75, 3.05) is 33.0 Å². The Bertz CT molecular complexity index is 192. The van der Waals surface area contributed by atoms with E-state index in [2.05, 4.69) is 0 Å². The van der Waals surface area contributed by atoms with Gasteiger partial charge in [-0.3, -0.25) is 0 Å². The van der Waals surface area contributed by atoms with Crippen molar-refractivity contribution < 1.29 is 25.2 Å². The summed E-state index contributed by atoms with van der Waals surface area (Å²) < 4.78 is 5.20. The summed E-state index contributed by atoms with van der Waals surface area (Å²) in [7, 11) is 0. The molecule has 0 aliphatic carbocycles. The van der Waals surface area contributed by atoms with Gasteiger partial charge in [-0.2, -0.15) is 0 Å². The van der Waals surface area contributed by atoms with E-state index in [1.165, 1.54) is 0 Å². The largest absolute Gasteiger partial charge is 0.396 e. The minimum absolute atomic E-state index is 0.108. The second kappa shape index (κ2) is 4.12. The van der Waals surface area contributed by atoms with Crippen LogP contribution in [0.15, 0.2) is 0 Å². The van der Waals surface area contributed by atoms with E-state index in [1.807, 2.05) is 0 Å². The molecule has 5 nitrogen and oxygen atoms in total. The molecule has 0 amide bonds. The fourth-order valence-corrected chi connectivity index (χ4v) is 1.83. The summed E-state index contributed by atoms with van der Waals surface area (Å²) in [5.41, 5.74) is -1.88. The van der Waals surface area contributed by atoms with Crippen molar-refractivity contribution >= 4 is 0 Å². The molecule has 1 heterocycles. The van der Waals surface area contributed by atoms with E-state index < -0.39 is 16.9 Å². The van der Waals surface area contributed by atoms with Gasteiger partial charge in [0, 0.05) is 5.41 Å². The molecule has 2 unspecified atom stereocenters. The average Bonchev–Trinajstić information content (AvgIpc) is 2.23. The SMILES string of the molecule is CC1(CO)COCC(CO)(CO)C1O. The third-order valence-electron chi connectivity index (χ3n) is 3.05. The van der Waals surface area contributed by atoms with Crippen molar-refractivity contribution in [3.05, 3.63) is 0 Å². The smallest absolute Gasteiger partial charge is 0.0760 e. The molecule has 0 saturated carbocycles. The van der Waals surface area contributed by atoms with E-state index in [4.69, 9.17) is 20.1 Å². The molecule has 2 atom stereocenters. The minimum atomic E-state index is -1.06. The molecule has 84 valence electrons. The van der Waals surface area contributed by atoms with Crippen molar-refractivity contribution in [3.63, 3.8) is 0 Å². The molecule has 0 radical (unpaired) electrons. The monoisotopic (exact) mass is 206 g/mol. The van der Waals surface area contributed by atoms with Crippen LogP contribution in [0.25, 0.3) is 0 Å². The molecule has 4 N–H and O–H groups in total. The fourth-order valence-electron chi connectivity index (χ4n) is 1.83. The van der Waals surface area contributed by atoms with Gasteiger partial charge in [-0.05, 0) is 0 Å². The molecule has 0 spiro atoms. The van der Waals surface area contributed by atoms with Crippen molar-refractivity contribution in [2.24, 2.45) is 10.8 Å². The van der Waals surface area contributed by atoms with Crippen LogP contribution in [0.5, 0.6) is 0 Å². The fraction of sp³-hybridized carbons (Fsp3) is 1.00. The molecule has 0 bridgehead atoms. The van der Waals surface area contributed by atoms with Gasteiger partial charge in [0.25, 0.3) is 0 Å². The lowest BCUT2D eigenvalue weighted by Crippen LogP contribution is -2.60. The number of hydrogen-bond donors (Lipinski definition) is 4. The number of aliphatic hydroxyl groups excluding tert-OH is 4. The number of aliphatic hydroxyl groups is 4. The highest BCUT2D eigenvalue weighted by Crippen LogP contribution is 2.38. The van der Waals surface area contributed by atoms with Crippen molar-refractivity contribution in [1.82, 2.24) is 0 Å². The predicted molar refractivity (Wildman–Crippen MR) is 48.6 cm³/mol. The van der Waals surface area contributed by atoms with Crippen molar-refractivity contribution in [1.29, 1.82) is 0 Å². The van der Waals surface area contributed by atoms with Gasteiger partial charge >= 0.3 is 0 Å². The van der Waals surface area contributed by atoms with Gasteiger partial charge < -0.3 is 25.2 Å². The molecule has 0 aromatic carbocycles. The Hall–Kier alpha value is -0.200. The van der Waals surface area contributed by atoms with E-state index >= 15 is 0 Å². The first kappa shape index (κ1) is 11.9. The second-order valence-electron chi connectivity index (χ2n) is 4.39. The zero-order valence-electron chi connectivity index (χ0n) is 8.31. The minimum Gasteiger partial charge on any atom is -0.396 e. The number of rotatable bonds is 3. The van der Waals surface area contributed by atoms with Gasteiger partial charge in [0.05, 0.1) is 44.6 Å². The maximum atomic E-state index is 9.98. The first-order chi connectivity index (χ1) is 6.54. The zero-order valence-corrected chi connectivity index (χ0v) is 8.31. The van der Waals surface area contributed by atoms with Crippen molar-refractivity contribution in [3.8, 4) is 0 Å². The van der Waals surface area contributed by atoms with Crippen LogP contribution in [-0.2, 0) is 4.74 Å². The first-order valence-electron chi connectivity index (χ1n) is 4.63. The highest BCUT2D eigenvalue weighted by Gasteiger charge is 2.51. The van der Waals surface area contributed by atoms with E-state index in [0.717, 1.165) is 0 Å². The molecule has 0 aromatic heterocycles. The highest BCUT2D eigenvalue weighted by molar-refractivity contribution is 4.98. The Morgan fingerprint density at radius 3 is 2.14 bits per heavy atom. The summed E-state index contributed by atoms with van der Waals surface area (Å²) in [4.78, 5) is 0. The molecule has 14 heavy (non-hydrogen) atoms. The molecule has 1 saturated heterocycles. The van der Waals surface area contributed by atoms with Crippen LogP contribution in [0.4, 0.5) is 0 Å². The van der Waals surface area contributed by atoms with Crippen LogP contribution in [-0.4, -0.2) is 59.6 Å². The molecular formula is C9H18O5. The Kier molecular flexibility index (Phi) is 3.49. The summed E-state index contributed by atoms with van der Waals surface area (Å²) in [6.07, 6.45) is -0.969. The molecule has 1 aliphatic heterocycles. The molecule has 0 aromatic rings. The first-order valence-corrected chi connectivity index (χ1v) is 4.63. The topological polar surface area (TPSA) is 90.2 Å². The third-order valence-corrected chi connectivity index (χ3v) is 3.05. The summed E-state index contributed by atoms with van der Waals surface area (Å²) in [5, 5.41) is 37.4. The zero-order chi connectivity index (χ0) is 10.8. The quantitative estimate of drug-likeness (QED) is 0.444. The Morgan fingerprint density at radius 2 is 1.71 bits per heavy atom. The summed E-state index contributed by atoms with van der Waals surface area (Å²) >= 11 is 0. The maximum Gasteiger partial charge on any atom is 0.0760 e. The Balaban J connectivity index is 2.89. The lowest BCUT2D eigenvalue weighted by molar-refractivity contribution is -0.212. The highest BCUT2D eigenvalue weighted by atomic mass is 16.5.